The van der Waals surface area contributed by atoms with E-state index in [0.717, 1.165) is 73.7 Å². The third kappa shape index (κ3) is 9.39. The van der Waals surface area contributed by atoms with E-state index in [2.05, 4.69) is 44.7 Å². The fourth-order valence-electron chi connectivity index (χ4n) is 5.08. The molecule has 13 heteroatoms. The van der Waals surface area contributed by atoms with Crippen molar-refractivity contribution in [2.24, 2.45) is 0 Å². The van der Waals surface area contributed by atoms with Gasteiger partial charge in [0.05, 0.1) is 41.9 Å². The number of morpholine rings is 1. The molecular weight excluding hydrogens is 585 g/mol. The van der Waals surface area contributed by atoms with E-state index in [0.29, 0.717) is 30.7 Å². The van der Waals surface area contributed by atoms with Crippen molar-refractivity contribution in [1.82, 2.24) is 29.7 Å². The van der Waals surface area contributed by atoms with Crippen molar-refractivity contribution in [3.05, 3.63) is 23.2 Å². The first-order valence-corrected chi connectivity index (χ1v) is 16.8. The summed E-state index contributed by atoms with van der Waals surface area (Å²) in [6.45, 7) is 13.4. The van der Waals surface area contributed by atoms with Crippen molar-refractivity contribution in [3.8, 4) is 17.1 Å². The topological polar surface area (TPSA) is 113 Å². The predicted molar refractivity (Wildman–Crippen MR) is 181 cm³/mol. The number of amides is 1. The average molecular weight is 633 g/mol. The van der Waals surface area contributed by atoms with Crippen molar-refractivity contribution in [2.75, 3.05) is 96.6 Å². The first kappa shape index (κ1) is 34.8. The van der Waals surface area contributed by atoms with Gasteiger partial charge in [0.1, 0.15) is 0 Å². The Hall–Kier alpha value is -2.71. The number of hydrogen-bond acceptors (Lipinski definition) is 12. The van der Waals surface area contributed by atoms with Crippen LogP contribution in [0.15, 0.2) is 17.6 Å². The van der Waals surface area contributed by atoms with Gasteiger partial charge in [0.25, 0.3) is 0 Å². The van der Waals surface area contributed by atoms with Crippen molar-refractivity contribution in [2.45, 2.75) is 33.2 Å². The summed E-state index contributed by atoms with van der Waals surface area (Å²) in [5, 5.41) is 2.17. The Morgan fingerprint density at radius 3 is 2.28 bits per heavy atom. The number of methoxy groups -OCH3 is 1. The van der Waals surface area contributed by atoms with Crippen LogP contribution in [-0.2, 0) is 16.1 Å². The van der Waals surface area contributed by atoms with E-state index in [1.54, 1.807) is 30.9 Å². The number of pyridine rings is 1. The Labute approximate surface area is 265 Å². The fourth-order valence-corrected chi connectivity index (χ4v) is 6.09. The number of anilines is 2. The number of nitrogens with two attached hydrogens (primary N) is 1. The van der Waals surface area contributed by atoms with E-state index in [1.807, 2.05) is 24.8 Å². The molecule has 0 atom stereocenters. The maximum absolute atomic E-state index is 11.0. The van der Waals surface area contributed by atoms with Crippen LogP contribution in [-0.4, -0.2) is 122 Å². The number of ether oxygens (including phenoxy) is 2. The molecule has 3 aromatic heterocycles. The number of carbonyl (C=O) groups is 1. The molecular formula is C30H48N8O3S2. The zero-order chi connectivity index (χ0) is 31.2. The number of nitrogens with zero attached hydrogens (tertiary/aromatic N) is 7. The van der Waals surface area contributed by atoms with Crippen LogP contribution in [0.5, 0.6) is 5.88 Å². The lowest BCUT2D eigenvalue weighted by atomic mass is 10.1. The molecule has 0 spiro atoms. The lowest BCUT2D eigenvalue weighted by Crippen LogP contribution is -2.45. The lowest BCUT2D eigenvalue weighted by molar-refractivity contribution is -0.119. The van der Waals surface area contributed by atoms with Crippen LogP contribution in [0, 0.1) is 0 Å². The summed E-state index contributed by atoms with van der Waals surface area (Å²) in [6.07, 6.45) is 7.20. The van der Waals surface area contributed by atoms with Gasteiger partial charge in [0, 0.05) is 63.1 Å². The maximum atomic E-state index is 11.0. The first-order valence-electron chi connectivity index (χ1n) is 15.0. The van der Waals surface area contributed by atoms with Gasteiger partial charge >= 0.3 is 0 Å². The molecule has 0 aliphatic carbocycles. The third-order valence-corrected chi connectivity index (χ3v) is 8.42. The minimum absolute atomic E-state index is 0.402. The van der Waals surface area contributed by atoms with Crippen LogP contribution < -0.4 is 15.4 Å². The van der Waals surface area contributed by atoms with Gasteiger partial charge in [0.15, 0.2) is 0 Å². The van der Waals surface area contributed by atoms with E-state index in [9.17, 15) is 4.79 Å². The Kier molecular flexibility index (Phi) is 14.7. The van der Waals surface area contributed by atoms with Crippen LogP contribution in [0.25, 0.3) is 21.5 Å². The van der Waals surface area contributed by atoms with Gasteiger partial charge in [-0.25, -0.2) is 15.0 Å². The molecule has 43 heavy (non-hydrogen) atoms. The van der Waals surface area contributed by atoms with E-state index in [1.165, 1.54) is 31.5 Å². The Morgan fingerprint density at radius 2 is 1.72 bits per heavy atom. The summed E-state index contributed by atoms with van der Waals surface area (Å²) < 4.78 is 11.8. The number of fused-ring (bicyclic) bond motifs is 1. The monoisotopic (exact) mass is 632 g/mol. The van der Waals surface area contributed by atoms with Gasteiger partial charge in [-0.2, -0.15) is 12.6 Å². The van der Waals surface area contributed by atoms with Gasteiger partial charge in [-0.1, -0.05) is 13.8 Å². The number of thiol groups is 1. The van der Waals surface area contributed by atoms with E-state index >= 15 is 0 Å². The summed E-state index contributed by atoms with van der Waals surface area (Å²) in [5.41, 5.74) is 10.4. The van der Waals surface area contributed by atoms with Crippen molar-refractivity contribution >= 4 is 52.2 Å². The largest absolute Gasteiger partial charge is 0.480 e. The number of thiophene rings is 1. The van der Waals surface area contributed by atoms with E-state index in [4.69, 9.17) is 25.2 Å². The first-order chi connectivity index (χ1) is 21.1. The molecule has 0 aromatic carbocycles. The molecule has 0 bridgehead atoms. The minimum Gasteiger partial charge on any atom is -0.480 e. The molecule has 3 aromatic rings. The molecule has 1 amide bonds. The second-order valence-electron chi connectivity index (χ2n) is 10.2. The second kappa shape index (κ2) is 18.2. The van der Waals surface area contributed by atoms with E-state index < -0.39 is 0 Å². The standard InChI is InChI=1S/C22H27N7O3S.C5H11N.C2H6.CH4S/c1-31-21-17(23)10-15(11-24-21)18-20-19(26-22(25-18)29-6-8-32-9-7-29)16(13-33-20)12-27-2-4-28(14-30)5-3-27;1-6-4-2-3-5-6;2*1-2/h10-11,13-14H,2-9,12,23H2,1H3;2-5H2,1H3;1-2H3;2H,1H3. The normalized spacial score (nSPS) is 17.3. The van der Waals surface area contributed by atoms with Gasteiger partial charge < -0.3 is 29.9 Å². The molecule has 0 saturated carbocycles. The maximum Gasteiger partial charge on any atom is 0.236 e. The SMILES string of the molecule is CC.CN1CCCC1.COc1ncc(-c2nc(N3CCOCC3)nc3c(CN4CCN(C=O)CC4)csc23)cc1N.CS. The van der Waals surface area contributed by atoms with Crippen molar-refractivity contribution in [3.63, 3.8) is 0 Å². The highest BCUT2D eigenvalue weighted by Crippen LogP contribution is 2.36. The van der Waals surface area contributed by atoms with Crippen LogP contribution in [0.2, 0.25) is 0 Å². The van der Waals surface area contributed by atoms with Gasteiger partial charge in [-0.3, -0.25) is 9.69 Å². The Morgan fingerprint density at radius 1 is 1.05 bits per heavy atom. The number of hydrogen-bond donors (Lipinski definition) is 2. The van der Waals surface area contributed by atoms with Crippen LogP contribution in [0.4, 0.5) is 11.6 Å². The fraction of sp³-hybridized carbons (Fsp3) is 0.600. The molecule has 3 aliphatic rings. The number of carbonyl (C=O) groups excluding carboxylic acids is 1. The zero-order valence-electron chi connectivity index (χ0n) is 26.3. The predicted octanol–water partition coefficient (Wildman–Crippen LogP) is 3.74. The van der Waals surface area contributed by atoms with Crippen LogP contribution in [0.3, 0.4) is 0 Å². The minimum atomic E-state index is 0.402. The quantitative estimate of drug-likeness (QED) is 0.308. The van der Waals surface area contributed by atoms with Crippen LogP contribution >= 0.6 is 24.0 Å². The molecule has 3 aliphatic heterocycles. The molecule has 0 radical (unpaired) electrons. The summed E-state index contributed by atoms with van der Waals surface area (Å²) in [4.78, 5) is 34.1. The molecule has 3 fully saturated rings. The molecule has 6 rings (SSSR count). The summed E-state index contributed by atoms with van der Waals surface area (Å²) in [7, 11) is 3.73. The highest BCUT2D eigenvalue weighted by molar-refractivity contribution is 7.79. The number of likely N-dealkylation sites (tertiary alicyclic amines) is 1. The molecule has 6 heterocycles. The smallest absolute Gasteiger partial charge is 0.236 e. The summed E-state index contributed by atoms with van der Waals surface area (Å²) in [5.74, 6) is 1.10. The molecule has 11 nitrogen and oxygen atoms in total. The third-order valence-electron chi connectivity index (χ3n) is 7.40. The summed E-state index contributed by atoms with van der Waals surface area (Å²) >= 11 is 5.17. The molecule has 0 unspecified atom stereocenters. The van der Waals surface area contributed by atoms with Gasteiger partial charge in [-0.15, -0.1) is 11.3 Å². The lowest BCUT2D eigenvalue weighted by Gasteiger charge is -2.32. The Bertz CT molecular complexity index is 1260. The number of rotatable bonds is 6. The second-order valence-corrected chi connectivity index (χ2v) is 11.0. The van der Waals surface area contributed by atoms with Crippen molar-refractivity contribution < 1.29 is 14.3 Å². The highest BCUT2D eigenvalue weighted by atomic mass is 32.1. The number of piperazine rings is 1. The number of aromatic nitrogens is 3. The molecule has 3 saturated heterocycles. The highest BCUT2D eigenvalue weighted by Gasteiger charge is 2.23. The molecule has 238 valence electrons. The van der Waals surface area contributed by atoms with Gasteiger partial charge in [0.2, 0.25) is 18.2 Å². The van der Waals surface area contributed by atoms with Gasteiger partial charge in [-0.05, 0) is 50.7 Å². The van der Waals surface area contributed by atoms with Crippen molar-refractivity contribution in [1.29, 1.82) is 0 Å². The number of nitrogen functional groups attached to an aromatic ring is 1. The van der Waals surface area contributed by atoms with Crippen LogP contribution in [0.1, 0.15) is 32.3 Å². The average Bonchev–Trinajstić information content (AvgIpc) is 3.72. The van der Waals surface area contributed by atoms with E-state index in [-0.39, 0.29) is 0 Å². The molecule has 2 N–H and O–H groups in total. The Balaban J connectivity index is 0.000000440. The summed E-state index contributed by atoms with van der Waals surface area (Å²) in [6, 6.07) is 1.86. The zero-order valence-corrected chi connectivity index (χ0v) is 28.0.